The molecule has 2 rings (SSSR count). The van der Waals surface area contributed by atoms with Crippen LogP contribution in [0.1, 0.15) is 31.4 Å². The number of rotatable bonds is 6. The number of aromatic nitrogens is 1. The van der Waals surface area contributed by atoms with Gasteiger partial charge < -0.3 is 14.1 Å². The Kier molecular flexibility index (Phi) is 5.22. The molecule has 5 heteroatoms. The van der Waals surface area contributed by atoms with Crippen molar-refractivity contribution in [2.45, 2.75) is 26.4 Å². The molecule has 0 aliphatic carbocycles. The molecule has 2 heterocycles. The maximum Gasteiger partial charge on any atom is 0.236 e. The zero-order valence-electron chi connectivity index (χ0n) is 12.2. The van der Waals surface area contributed by atoms with E-state index in [0.717, 1.165) is 25.9 Å². The molecule has 1 fully saturated rings. The Morgan fingerprint density at radius 3 is 2.90 bits per heavy atom. The molecule has 1 aromatic heterocycles. The molecule has 1 aromatic rings. The highest BCUT2D eigenvalue weighted by Crippen LogP contribution is 2.25. The lowest BCUT2D eigenvalue weighted by molar-refractivity contribution is 0.183. The fourth-order valence-electron chi connectivity index (χ4n) is 2.16. The summed E-state index contributed by atoms with van der Waals surface area (Å²) in [5.41, 5.74) is 0.333. The molecule has 0 spiro atoms. The van der Waals surface area contributed by atoms with Crippen molar-refractivity contribution in [1.82, 2.24) is 4.98 Å². The third-order valence-corrected chi connectivity index (χ3v) is 3.20. The minimum absolute atomic E-state index is 0.198. The molecular weight excluding hydrogens is 266 g/mol. The zero-order valence-corrected chi connectivity index (χ0v) is 12.2. The Bertz CT molecular complexity index is 587. The normalized spacial score (nSPS) is 15.4. The van der Waals surface area contributed by atoms with Crippen molar-refractivity contribution < 1.29 is 9.15 Å². The van der Waals surface area contributed by atoms with Gasteiger partial charge in [-0.25, -0.2) is 0 Å². The summed E-state index contributed by atoms with van der Waals surface area (Å²) in [6.07, 6.45) is 9.36. The van der Waals surface area contributed by atoms with Crippen LogP contribution < -0.4 is 4.90 Å². The summed E-state index contributed by atoms with van der Waals surface area (Å²) < 4.78 is 11.3. The first-order chi connectivity index (χ1) is 10.3. The fraction of sp³-hybridized carbons (Fsp3) is 0.375. The van der Waals surface area contributed by atoms with E-state index in [1.54, 1.807) is 12.2 Å². The van der Waals surface area contributed by atoms with Gasteiger partial charge in [-0.1, -0.05) is 18.7 Å². The van der Waals surface area contributed by atoms with Crippen LogP contribution in [0.25, 0.3) is 0 Å². The van der Waals surface area contributed by atoms with E-state index < -0.39 is 0 Å². The van der Waals surface area contributed by atoms with E-state index in [2.05, 4.69) is 22.5 Å². The van der Waals surface area contributed by atoms with Crippen LogP contribution >= 0.6 is 0 Å². The third-order valence-electron chi connectivity index (χ3n) is 3.20. The SMILES string of the molecule is C=C/C=C\C(=C/C)OCc1nc(C#N)c(N2CCCC2)o1. The van der Waals surface area contributed by atoms with Gasteiger partial charge in [-0.2, -0.15) is 10.2 Å². The van der Waals surface area contributed by atoms with Gasteiger partial charge in [0.25, 0.3) is 0 Å². The Hall–Kier alpha value is -2.48. The molecule has 1 aliphatic rings. The lowest BCUT2D eigenvalue weighted by Crippen LogP contribution is -2.17. The molecule has 0 radical (unpaired) electrons. The van der Waals surface area contributed by atoms with Crippen LogP contribution in [0, 0.1) is 11.3 Å². The second kappa shape index (κ2) is 7.34. The summed E-state index contributed by atoms with van der Waals surface area (Å²) in [7, 11) is 0. The van der Waals surface area contributed by atoms with Gasteiger partial charge in [-0.15, -0.1) is 0 Å². The monoisotopic (exact) mass is 285 g/mol. The molecule has 1 saturated heterocycles. The molecule has 110 valence electrons. The number of hydrogen-bond acceptors (Lipinski definition) is 5. The molecule has 1 aliphatic heterocycles. The largest absolute Gasteiger partial charge is 0.484 e. The topological polar surface area (TPSA) is 62.3 Å². The Balaban J connectivity index is 2.05. The third kappa shape index (κ3) is 3.76. The van der Waals surface area contributed by atoms with Gasteiger partial charge in [0, 0.05) is 13.1 Å². The standard InChI is InChI=1S/C16H19N3O2/c1-3-5-8-13(4-2)20-12-15-18-14(11-17)16(21-15)19-9-6-7-10-19/h3-5,8H,1,6-7,9-10,12H2,2H3/b8-5-,13-4+. The summed E-state index contributed by atoms with van der Waals surface area (Å²) in [5.74, 6) is 1.69. The van der Waals surface area contributed by atoms with Gasteiger partial charge in [0.2, 0.25) is 17.5 Å². The fourth-order valence-corrected chi connectivity index (χ4v) is 2.16. The average Bonchev–Trinajstić information content (AvgIpc) is 3.16. The molecule has 0 N–H and O–H groups in total. The highest BCUT2D eigenvalue weighted by atomic mass is 16.5. The first-order valence-corrected chi connectivity index (χ1v) is 7.01. The Morgan fingerprint density at radius 1 is 1.52 bits per heavy atom. The quantitative estimate of drug-likeness (QED) is 0.592. The zero-order chi connectivity index (χ0) is 15.1. The molecule has 0 atom stereocenters. The van der Waals surface area contributed by atoms with Gasteiger partial charge in [0.1, 0.15) is 11.8 Å². The summed E-state index contributed by atoms with van der Waals surface area (Å²) in [6.45, 7) is 7.51. The molecule has 0 saturated carbocycles. The van der Waals surface area contributed by atoms with Gasteiger partial charge in [0.15, 0.2) is 6.61 Å². The van der Waals surface area contributed by atoms with Gasteiger partial charge >= 0.3 is 0 Å². The highest BCUT2D eigenvalue weighted by Gasteiger charge is 2.22. The maximum atomic E-state index is 9.16. The predicted octanol–water partition coefficient (Wildman–Crippen LogP) is 3.31. The smallest absolute Gasteiger partial charge is 0.236 e. The molecule has 0 unspecified atom stereocenters. The van der Waals surface area contributed by atoms with Crippen LogP contribution in [0.2, 0.25) is 0 Å². The van der Waals surface area contributed by atoms with E-state index in [0.29, 0.717) is 23.2 Å². The first kappa shape index (κ1) is 14.9. The number of nitrogens with zero attached hydrogens (tertiary/aromatic N) is 3. The number of nitriles is 1. The summed E-state index contributed by atoms with van der Waals surface area (Å²) in [5, 5.41) is 9.16. The van der Waals surface area contributed by atoms with Gasteiger partial charge in [0.05, 0.1) is 0 Å². The number of anilines is 1. The Morgan fingerprint density at radius 2 is 2.29 bits per heavy atom. The van der Waals surface area contributed by atoms with Crippen LogP contribution in [0.15, 0.2) is 41.1 Å². The lowest BCUT2D eigenvalue weighted by Gasteiger charge is -2.12. The van der Waals surface area contributed by atoms with Crippen molar-refractivity contribution in [3.8, 4) is 6.07 Å². The molecular formula is C16H19N3O2. The Labute approximate surface area is 124 Å². The van der Waals surface area contributed by atoms with E-state index in [1.165, 1.54) is 0 Å². The number of oxazole rings is 1. The molecule has 0 amide bonds. The average molecular weight is 285 g/mol. The summed E-state index contributed by atoms with van der Waals surface area (Å²) in [6, 6.07) is 2.08. The van der Waals surface area contributed by atoms with Crippen LogP contribution in [0.3, 0.4) is 0 Å². The van der Waals surface area contributed by atoms with Crippen LogP contribution in [0.4, 0.5) is 5.88 Å². The number of allylic oxidation sites excluding steroid dienone is 4. The van der Waals surface area contributed by atoms with Crippen LogP contribution in [-0.4, -0.2) is 18.1 Å². The molecule has 21 heavy (non-hydrogen) atoms. The highest BCUT2D eigenvalue weighted by molar-refractivity contribution is 5.48. The van der Waals surface area contributed by atoms with E-state index in [4.69, 9.17) is 14.4 Å². The first-order valence-electron chi connectivity index (χ1n) is 7.01. The van der Waals surface area contributed by atoms with Crippen molar-refractivity contribution >= 4 is 5.88 Å². The minimum Gasteiger partial charge on any atom is -0.484 e. The second-order valence-corrected chi connectivity index (χ2v) is 4.64. The van der Waals surface area contributed by atoms with E-state index in [-0.39, 0.29) is 6.61 Å². The van der Waals surface area contributed by atoms with Crippen molar-refractivity contribution in [3.05, 3.63) is 48.2 Å². The maximum absolute atomic E-state index is 9.16. The van der Waals surface area contributed by atoms with E-state index in [1.807, 2.05) is 19.1 Å². The van der Waals surface area contributed by atoms with E-state index in [9.17, 15) is 0 Å². The summed E-state index contributed by atoms with van der Waals surface area (Å²) >= 11 is 0. The van der Waals surface area contributed by atoms with Crippen molar-refractivity contribution in [3.63, 3.8) is 0 Å². The van der Waals surface area contributed by atoms with Gasteiger partial charge in [-0.05, 0) is 31.9 Å². The molecule has 0 bridgehead atoms. The second-order valence-electron chi connectivity index (χ2n) is 4.64. The lowest BCUT2D eigenvalue weighted by atomic mass is 10.4. The van der Waals surface area contributed by atoms with Crippen molar-refractivity contribution in [2.24, 2.45) is 0 Å². The van der Waals surface area contributed by atoms with Crippen LogP contribution in [-0.2, 0) is 11.3 Å². The minimum atomic E-state index is 0.198. The van der Waals surface area contributed by atoms with E-state index >= 15 is 0 Å². The molecule has 5 nitrogen and oxygen atoms in total. The number of hydrogen-bond donors (Lipinski definition) is 0. The summed E-state index contributed by atoms with van der Waals surface area (Å²) in [4.78, 5) is 6.25. The molecule has 0 aromatic carbocycles. The van der Waals surface area contributed by atoms with Crippen molar-refractivity contribution in [1.29, 1.82) is 5.26 Å². The van der Waals surface area contributed by atoms with Gasteiger partial charge in [-0.3, -0.25) is 0 Å². The van der Waals surface area contributed by atoms with Crippen molar-refractivity contribution in [2.75, 3.05) is 18.0 Å². The van der Waals surface area contributed by atoms with Crippen LogP contribution in [0.5, 0.6) is 0 Å². The number of ether oxygens (including phenoxy) is 1. The predicted molar refractivity (Wildman–Crippen MR) is 80.5 cm³/mol.